The third-order valence-electron chi connectivity index (χ3n) is 4.74. The molecule has 3 rings (SSSR count). The van der Waals surface area contributed by atoms with Crippen LogP contribution in [0.2, 0.25) is 0 Å². The summed E-state index contributed by atoms with van der Waals surface area (Å²) < 4.78 is 0. The highest BCUT2D eigenvalue weighted by Crippen LogP contribution is 2.29. The van der Waals surface area contributed by atoms with E-state index in [1.54, 1.807) is 5.56 Å². The van der Waals surface area contributed by atoms with Gasteiger partial charge in [-0.15, -0.1) is 0 Å². The van der Waals surface area contributed by atoms with Crippen LogP contribution < -0.4 is 5.32 Å². The Hall–Kier alpha value is -0.900. The van der Waals surface area contributed by atoms with Crippen LogP contribution in [-0.2, 0) is 6.54 Å². The van der Waals surface area contributed by atoms with Crippen molar-refractivity contribution < 1.29 is 0 Å². The van der Waals surface area contributed by atoms with Crippen LogP contribution in [-0.4, -0.2) is 49.6 Å². The van der Waals surface area contributed by atoms with Crippen LogP contribution in [0.3, 0.4) is 0 Å². The second kappa shape index (κ2) is 5.61. The van der Waals surface area contributed by atoms with Crippen molar-refractivity contribution in [2.75, 3.05) is 33.7 Å². The third-order valence-corrected chi connectivity index (χ3v) is 4.74. The summed E-state index contributed by atoms with van der Waals surface area (Å²) in [5, 5.41) is 3.57. The van der Waals surface area contributed by atoms with Crippen LogP contribution in [0.4, 0.5) is 0 Å². The number of rotatable bonds is 2. The maximum absolute atomic E-state index is 3.57. The molecule has 0 radical (unpaired) electrons. The summed E-state index contributed by atoms with van der Waals surface area (Å²) in [5.41, 5.74) is 3.03. The molecular weight excluding hydrogens is 234 g/mol. The van der Waals surface area contributed by atoms with Crippen LogP contribution in [0.15, 0.2) is 24.3 Å². The zero-order valence-electron chi connectivity index (χ0n) is 12.1. The van der Waals surface area contributed by atoms with E-state index in [1.807, 2.05) is 0 Å². The summed E-state index contributed by atoms with van der Waals surface area (Å²) in [6.07, 6.45) is 2.59. The van der Waals surface area contributed by atoms with Gasteiger partial charge in [0.15, 0.2) is 0 Å². The molecule has 1 atom stereocenters. The van der Waals surface area contributed by atoms with Gasteiger partial charge in [-0.25, -0.2) is 0 Å². The van der Waals surface area contributed by atoms with Gasteiger partial charge in [0, 0.05) is 38.3 Å². The molecule has 0 saturated carbocycles. The molecule has 3 nitrogen and oxygen atoms in total. The van der Waals surface area contributed by atoms with Gasteiger partial charge in [-0.2, -0.15) is 0 Å². The minimum absolute atomic E-state index is 0.577. The zero-order valence-corrected chi connectivity index (χ0v) is 12.1. The molecule has 2 aliphatic rings. The van der Waals surface area contributed by atoms with Crippen molar-refractivity contribution in [3.05, 3.63) is 35.4 Å². The molecule has 2 aliphatic heterocycles. The number of fused-ring (bicyclic) bond motifs is 1. The normalized spacial score (nSPS) is 25.5. The van der Waals surface area contributed by atoms with Crippen molar-refractivity contribution >= 4 is 0 Å². The maximum atomic E-state index is 3.57. The smallest absolute Gasteiger partial charge is 0.0476 e. The molecule has 0 aliphatic carbocycles. The lowest BCUT2D eigenvalue weighted by molar-refractivity contribution is 0.103. The molecule has 0 spiro atoms. The Morgan fingerprint density at radius 3 is 2.63 bits per heavy atom. The fourth-order valence-electron chi connectivity index (χ4n) is 3.51. The third kappa shape index (κ3) is 2.69. The van der Waals surface area contributed by atoms with Crippen LogP contribution in [0, 0.1) is 0 Å². The van der Waals surface area contributed by atoms with E-state index in [0.29, 0.717) is 6.04 Å². The maximum Gasteiger partial charge on any atom is 0.0476 e. The van der Waals surface area contributed by atoms with Gasteiger partial charge in [0.25, 0.3) is 0 Å². The van der Waals surface area contributed by atoms with Gasteiger partial charge in [-0.05, 0) is 38.1 Å². The van der Waals surface area contributed by atoms with E-state index >= 15 is 0 Å². The van der Waals surface area contributed by atoms with Gasteiger partial charge in [0.1, 0.15) is 0 Å². The molecule has 1 aromatic carbocycles. The molecule has 19 heavy (non-hydrogen) atoms. The predicted molar refractivity (Wildman–Crippen MR) is 79.2 cm³/mol. The van der Waals surface area contributed by atoms with Gasteiger partial charge >= 0.3 is 0 Å². The lowest BCUT2D eigenvalue weighted by Gasteiger charge is -2.41. The van der Waals surface area contributed by atoms with Crippen LogP contribution in [0.25, 0.3) is 0 Å². The SMILES string of the molecule is CN(C)C1CCN(C2CNCc3ccccc32)CC1. The van der Waals surface area contributed by atoms with Crippen molar-refractivity contribution in [1.29, 1.82) is 0 Å². The quantitative estimate of drug-likeness (QED) is 0.874. The highest BCUT2D eigenvalue weighted by atomic mass is 15.2. The van der Waals surface area contributed by atoms with E-state index in [0.717, 1.165) is 19.1 Å². The van der Waals surface area contributed by atoms with Gasteiger partial charge in [-0.1, -0.05) is 24.3 Å². The van der Waals surface area contributed by atoms with Crippen LogP contribution >= 0.6 is 0 Å². The van der Waals surface area contributed by atoms with E-state index in [1.165, 1.54) is 31.5 Å². The second-order valence-corrected chi connectivity index (χ2v) is 6.08. The highest BCUT2D eigenvalue weighted by molar-refractivity contribution is 5.32. The second-order valence-electron chi connectivity index (χ2n) is 6.08. The number of piperidine rings is 1. The first-order valence-electron chi connectivity index (χ1n) is 7.44. The highest BCUT2D eigenvalue weighted by Gasteiger charge is 2.29. The van der Waals surface area contributed by atoms with Crippen molar-refractivity contribution in [3.63, 3.8) is 0 Å². The molecule has 0 amide bonds. The van der Waals surface area contributed by atoms with Crippen LogP contribution in [0.1, 0.15) is 30.0 Å². The van der Waals surface area contributed by atoms with Crippen molar-refractivity contribution in [2.45, 2.75) is 31.5 Å². The lowest BCUT2D eigenvalue weighted by atomic mass is 9.93. The Morgan fingerprint density at radius 1 is 1.16 bits per heavy atom. The molecule has 1 saturated heterocycles. The Kier molecular flexibility index (Phi) is 3.87. The minimum atomic E-state index is 0.577. The Labute approximate surface area is 116 Å². The molecule has 1 N–H and O–H groups in total. The van der Waals surface area contributed by atoms with E-state index in [2.05, 4.69) is 53.5 Å². The summed E-state index contributed by atoms with van der Waals surface area (Å²) in [4.78, 5) is 5.05. The van der Waals surface area contributed by atoms with Crippen molar-refractivity contribution in [3.8, 4) is 0 Å². The van der Waals surface area contributed by atoms with Gasteiger partial charge in [0.2, 0.25) is 0 Å². The topological polar surface area (TPSA) is 18.5 Å². The molecule has 104 valence electrons. The summed E-state index contributed by atoms with van der Waals surface area (Å²) in [6, 6.07) is 10.3. The summed E-state index contributed by atoms with van der Waals surface area (Å²) in [5.74, 6) is 0. The number of hydrogen-bond acceptors (Lipinski definition) is 3. The van der Waals surface area contributed by atoms with Crippen molar-refractivity contribution in [1.82, 2.24) is 15.1 Å². The molecule has 2 heterocycles. The molecule has 1 fully saturated rings. The summed E-state index contributed by atoms with van der Waals surface area (Å²) >= 11 is 0. The first-order valence-corrected chi connectivity index (χ1v) is 7.44. The average molecular weight is 259 g/mol. The molecular formula is C16H25N3. The van der Waals surface area contributed by atoms with E-state index in [-0.39, 0.29) is 0 Å². The van der Waals surface area contributed by atoms with E-state index in [9.17, 15) is 0 Å². The first kappa shape index (κ1) is 13.1. The molecule has 1 unspecified atom stereocenters. The lowest BCUT2D eigenvalue weighted by Crippen LogP contribution is -2.47. The Bertz CT molecular complexity index is 422. The summed E-state index contributed by atoms with van der Waals surface area (Å²) in [6.45, 7) is 4.58. The fraction of sp³-hybridized carbons (Fsp3) is 0.625. The predicted octanol–water partition coefficient (Wildman–Crippen LogP) is 1.86. The molecule has 1 aromatic rings. The number of benzene rings is 1. The average Bonchev–Trinajstić information content (AvgIpc) is 2.47. The Balaban J connectivity index is 1.71. The van der Waals surface area contributed by atoms with Gasteiger partial charge in [-0.3, -0.25) is 4.90 Å². The van der Waals surface area contributed by atoms with Crippen LogP contribution in [0.5, 0.6) is 0 Å². The number of nitrogens with zero attached hydrogens (tertiary/aromatic N) is 2. The minimum Gasteiger partial charge on any atom is -0.311 e. The van der Waals surface area contributed by atoms with Crippen molar-refractivity contribution in [2.24, 2.45) is 0 Å². The zero-order chi connectivity index (χ0) is 13.2. The molecule has 0 bridgehead atoms. The van der Waals surface area contributed by atoms with Gasteiger partial charge in [0.05, 0.1) is 0 Å². The largest absolute Gasteiger partial charge is 0.311 e. The van der Waals surface area contributed by atoms with E-state index in [4.69, 9.17) is 0 Å². The Morgan fingerprint density at radius 2 is 1.89 bits per heavy atom. The standard InChI is InChI=1S/C16H25N3/c1-18(2)14-7-9-19(10-8-14)16-12-17-11-13-5-3-4-6-15(13)16/h3-6,14,16-17H,7-12H2,1-2H3. The van der Waals surface area contributed by atoms with Gasteiger partial charge < -0.3 is 10.2 Å². The molecule has 3 heteroatoms. The monoisotopic (exact) mass is 259 g/mol. The fourth-order valence-corrected chi connectivity index (χ4v) is 3.51. The summed E-state index contributed by atoms with van der Waals surface area (Å²) in [7, 11) is 4.41. The number of hydrogen-bond donors (Lipinski definition) is 1. The number of nitrogens with one attached hydrogen (secondary N) is 1. The first-order chi connectivity index (χ1) is 9.25. The van der Waals surface area contributed by atoms with E-state index < -0.39 is 0 Å². The number of likely N-dealkylation sites (tertiary alicyclic amines) is 1. The molecule has 0 aromatic heterocycles.